The van der Waals surface area contributed by atoms with Crippen LogP contribution in [0.1, 0.15) is 29.3 Å². The average molecular weight is 250 g/mol. The van der Waals surface area contributed by atoms with E-state index in [0.29, 0.717) is 5.69 Å². The molecule has 1 rings (SSSR count). The normalized spacial score (nSPS) is 13.8. The number of carboxylic acid groups (broad SMARTS) is 1. The Morgan fingerprint density at radius 2 is 2.00 bits per heavy atom. The Kier molecular flexibility index (Phi) is 3.49. The smallest absolute Gasteiger partial charge is 0.396 e. The van der Waals surface area contributed by atoms with Crippen LogP contribution in [0.2, 0.25) is 0 Å². The zero-order valence-corrected chi connectivity index (χ0v) is 9.67. The minimum atomic E-state index is -4.59. The van der Waals surface area contributed by atoms with Crippen LogP contribution in [0.5, 0.6) is 0 Å². The molecule has 1 N–H and O–H groups in total. The number of aliphatic carboxylic acids is 1. The molecule has 1 aromatic rings. The summed E-state index contributed by atoms with van der Waals surface area (Å²) in [5.74, 6) is -3.48. The molecule has 17 heavy (non-hydrogen) atoms. The maximum atomic E-state index is 12.8. The highest BCUT2D eigenvalue weighted by molar-refractivity contribution is 5.68. The summed E-state index contributed by atoms with van der Waals surface area (Å²) in [6.45, 7) is 2.94. The lowest BCUT2D eigenvalue weighted by atomic mass is 9.93. The Hall–Kier alpha value is -1.53. The van der Waals surface area contributed by atoms with Crippen LogP contribution in [0.25, 0.3) is 0 Å². The summed E-state index contributed by atoms with van der Waals surface area (Å²) in [7, 11) is 1.53. The molecule has 1 aromatic heterocycles. The number of rotatable bonds is 3. The molecule has 96 valence electrons. The molecule has 0 aromatic carbocycles. The Balaban J connectivity index is 3.27. The largest absolute Gasteiger partial charge is 0.481 e. The van der Waals surface area contributed by atoms with Gasteiger partial charge in [0, 0.05) is 18.3 Å². The lowest BCUT2D eigenvalue weighted by Gasteiger charge is -2.19. The summed E-state index contributed by atoms with van der Waals surface area (Å²) in [5, 5.41) is 12.4. The molecule has 0 aliphatic carbocycles. The lowest BCUT2D eigenvalue weighted by molar-refractivity contribution is -0.163. The number of aromatic nitrogens is 2. The number of nitrogens with zero attached hydrogens (tertiary/aromatic N) is 2. The molecule has 0 bridgehead atoms. The van der Waals surface area contributed by atoms with Crippen molar-refractivity contribution in [3.05, 3.63) is 17.0 Å². The predicted octanol–water partition coefficient (Wildman–Crippen LogP) is 2.16. The highest BCUT2D eigenvalue weighted by Crippen LogP contribution is 2.39. The van der Waals surface area contributed by atoms with Gasteiger partial charge in [-0.1, -0.05) is 0 Å². The van der Waals surface area contributed by atoms with E-state index in [9.17, 15) is 18.0 Å². The topological polar surface area (TPSA) is 55.1 Å². The van der Waals surface area contributed by atoms with Gasteiger partial charge in [0.15, 0.2) is 0 Å². The Labute approximate surface area is 96.0 Å². The quantitative estimate of drug-likeness (QED) is 0.894. The molecular weight excluding hydrogens is 237 g/mol. The highest BCUT2D eigenvalue weighted by Gasteiger charge is 2.44. The van der Waals surface area contributed by atoms with E-state index in [1.807, 2.05) is 0 Å². The summed E-state index contributed by atoms with van der Waals surface area (Å²) in [6.07, 6.45) is -5.56. The van der Waals surface area contributed by atoms with Crippen LogP contribution in [0, 0.1) is 13.8 Å². The fourth-order valence-electron chi connectivity index (χ4n) is 1.85. The monoisotopic (exact) mass is 250 g/mol. The highest BCUT2D eigenvalue weighted by atomic mass is 19.4. The summed E-state index contributed by atoms with van der Waals surface area (Å²) >= 11 is 0. The van der Waals surface area contributed by atoms with E-state index in [-0.39, 0.29) is 11.3 Å². The van der Waals surface area contributed by atoms with Crippen LogP contribution >= 0.6 is 0 Å². The fourth-order valence-corrected chi connectivity index (χ4v) is 1.85. The number of carbonyl (C=O) groups is 1. The number of halogens is 3. The van der Waals surface area contributed by atoms with Gasteiger partial charge in [0.2, 0.25) is 0 Å². The van der Waals surface area contributed by atoms with Gasteiger partial charge in [0.25, 0.3) is 0 Å². The Morgan fingerprint density at radius 1 is 1.47 bits per heavy atom. The first kappa shape index (κ1) is 13.5. The van der Waals surface area contributed by atoms with Crippen molar-refractivity contribution in [2.24, 2.45) is 7.05 Å². The van der Waals surface area contributed by atoms with Crippen molar-refractivity contribution in [3.63, 3.8) is 0 Å². The van der Waals surface area contributed by atoms with Gasteiger partial charge in [-0.2, -0.15) is 18.3 Å². The van der Waals surface area contributed by atoms with E-state index >= 15 is 0 Å². The zero-order chi connectivity index (χ0) is 13.4. The van der Waals surface area contributed by atoms with Crippen molar-refractivity contribution in [3.8, 4) is 0 Å². The van der Waals surface area contributed by atoms with Gasteiger partial charge in [-0.05, 0) is 13.8 Å². The second kappa shape index (κ2) is 4.38. The summed E-state index contributed by atoms with van der Waals surface area (Å²) in [5.41, 5.74) is 0.516. The summed E-state index contributed by atoms with van der Waals surface area (Å²) in [4.78, 5) is 10.5. The van der Waals surface area contributed by atoms with E-state index in [1.165, 1.54) is 25.6 Å². The molecule has 0 spiro atoms. The van der Waals surface area contributed by atoms with Crippen LogP contribution in [0.15, 0.2) is 0 Å². The van der Waals surface area contributed by atoms with E-state index in [0.717, 1.165) is 0 Å². The molecule has 0 saturated heterocycles. The lowest BCUT2D eigenvalue weighted by Crippen LogP contribution is -2.24. The van der Waals surface area contributed by atoms with Crippen molar-refractivity contribution in [2.75, 3.05) is 0 Å². The van der Waals surface area contributed by atoms with Crippen molar-refractivity contribution >= 4 is 5.97 Å². The molecule has 1 atom stereocenters. The van der Waals surface area contributed by atoms with Crippen LogP contribution in [-0.2, 0) is 11.8 Å². The molecule has 4 nitrogen and oxygen atoms in total. The van der Waals surface area contributed by atoms with Crippen LogP contribution in [0.4, 0.5) is 13.2 Å². The molecule has 0 fully saturated rings. The zero-order valence-electron chi connectivity index (χ0n) is 9.67. The molecule has 1 heterocycles. The second-order valence-corrected chi connectivity index (χ2v) is 3.90. The molecular formula is C10H13F3N2O2. The van der Waals surface area contributed by atoms with Gasteiger partial charge in [-0.3, -0.25) is 9.48 Å². The molecule has 0 aliphatic heterocycles. The Morgan fingerprint density at radius 3 is 2.29 bits per heavy atom. The van der Waals surface area contributed by atoms with Gasteiger partial charge in [0.05, 0.1) is 18.0 Å². The number of aryl methyl sites for hydroxylation is 2. The van der Waals surface area contributed by atoms with Crippen molar-refractivity contribution in [1.82, 2.24) is 9.78 Å². The van der Waals surface area contributed by atoms with Crippen LogP contribution in [-0.4, -0.2) is 27.0 Å². The molecule has 0 saturated carbocycles. The number of hydrogen-bond acceptors (Lipinski definition) is 2. The number of alkyl halides is 3. The van der Waals surface area contributed by atoms with Crippen molar-refractivity contribution < 1.29 is 23.1 Å². The second-order valence-electron chi connectivity index (χ2n) is 3.90. The molecule has 0 unspecified atom stereocenters. The molecule has 0 radical (unpaired) electrons. The third-order valence-electron chi connectivity index (χ3n) is 2.69. The fraction of sp³-hybridized carbons (Fsp3) is 0.600. The van der Waals surface area contributed by atoms with E-state index in [1.54, 1.807) is 0 Å². The molecule has 0 aliphatic rings. The van der Waals surface area contributed by atoms with E-state index < -0.39 is 24.5 Å². The van der Waals surface area contributed by atoms with Gasteiger partial charge < -0.3 is 5.11 Å². The van der Waals surface area contributed by atoms with E-state index in [2.05, 4.69) is 5.10 Å². The third kappa shape index (κ3) is 2.78. The van der Waals surface area contributed by atoms with E-state index in [4.69, 9.17) is 5.11 Å². The minimum Gasteiger partial charge on any atom is -0.481 e. The van der Waals surface area contributed by atoms with Crippen molar-refractivity contribution in [1.29, 1.82) is 0 Å². The first-order chi connectivity index (χ1) is 7.64. The van der Waals surface area contributed by atoms with Crippen molar-refractivity contribution in [2.45, 2.75) is 32.4 Å². The first-order valence-electron chi connectivity index (χ1n) is 4.93. The maximum Gasteiger partial charge on any atom is 0.396 e. The Bertz CT molecular complexity index is 437. The van der Waals surface area contributed by atoms with Gasteiger partial charge in [-0.15, -0.1) is 0 Å². The molecule has 0 amide bonds. The summed E-state index contributed by atoms with van der Waals surface area (Å²) < 4.78 is 39.8. The average Bonchev–Trinajstić information content (AvgIpc) is 2.36. The number of carboxylic acids is 1. The van der Waals surface area contributed by atoms with Crippen LogP contribution in [0.3, 0.4) is 0 Å². The third-order valence-corrected chi connectivity index (χ3v) is 2.69. The molecule has 7 heteroatoms. The number of hydrogen-bond donors (Lipinski definition) is 1. The van der Waals surface area contributed by atoms with Gasteiger partial charge >= 0.3 is 12.1 Å². The maximum absolute atomic E-state index is 12.8. The van der Waals surface area contributed by atoms with Gasteiger partial charge in [-0.25, -0.2) is 0 Å². The SMILES string of the molecule is Cc1nn(C)c(C)c1[C@@H](CC(=O)O)C(F)(F)F. The standard InChI is InChI=1S/C10H13F3N2O2/c1-5-9(6(2)15(3)14-5)7(4-8(16)17)10(11,12)13/h7H,4H2,1-3H3,(H,16,17)/t7-/m1/s1. The summed E-state index contributed by atoms with van der Waals surface area (Å²) in [6, 6.07) is 0. The first-order valence-corrected chi connectivity index (χ1v) is 4.93. The minimum absolute atomic E-state index is 0.0394. The van der Waals surface area contributed by atoms with Gasteiger partial charge in [0.1, 0.15) is 0 Å². The van der Waals surface area contributed by atoms with Crippen LogP contribution < -0.4 is 0 Å². The predicted molar refractivity (Wildman–Crippen MR) is 53.7 cm³/mol.